The molecule has 3 rings (SSSR count). The number of anilines is 1. The van der Waals surface area contributed by atoms with E-state index in [4.69, 9.17) is 11.6 Å². The highest BCUT2D eigenvalue weighted by atomic mass is 35.5. The molecule has 2 aromatic carbocycles. The second-order valence-corrected chi connectivity index (χ2v) is 7.12. The minimum absolute atomic E-state index is 0.0265. The zero-order chi connectivity index (χ0) is 21.0. The quantitative estimate of drug-likeness (QED) is 0.736. The molecule has 0 bridgehead atoms. The van der Waals surface area contributed by atoms with E-state index >= 15 is 0 Å². The summed E-state index contributed by atoms with van der Waals surface area (Å²) in [6.07, 6.45) is 0.0711. The SMILES string of the molecule is CN(CC(=O)Nc1ccccc1Cl)C(=O)CCN1C(=O)Cc2ccccc2C1=O. The van der Waals surface area contributed by atoms with Gasteiger partial charge in [-0.05, 0) is 23.8 Å². The first-order valence-electron chi connectivity index (χ1n) is 9.07. The smallest absolute Gasteiger partial charge is 0.260 e. The van der Waals surface area contributed by atoms with Gasteiger partial charge in [0.15, 0.2) is 0 Å². The van der Waals surface area contributed by atoms with Gasteiger partial charge in [-0.15, -0.1) is 0 Å². The fraction of sp³-hybridized carbons (Fsp3) is 0.238. The van der Waals surface area contributed by atoms with E-state index in [1.54, 1.807) is 48.5 Å². The number of benzene rings is 2. The van der Waals surface area contributed by atoms with E-state index in [2.05, 4.69) is 5.32 Å². The average molecular weight is 414 g/mol. The van der Waals surface area contributed by atoms with E-state index in [-0.39, 0.29) is 37.7 Å². The third-order valence-electron chi connectivity index (χ3n) is 4.64. The number of hydrogen-bond acceptors (Lipinski definition) is 4. The zero-order valence-corrected chi connectivity index (χ0v) is 16.6. The Kier molecular flexibility index (Phi) is 6.29. The van der Waals surface area contributed by atoms with Gasteiger partial charge in [-0.1, -0.05) is 41.9 Å². The van der Waals surface area contributed by atoms with Crippen molar-refractivity contribution in [2.75, 3.05) is 25.5 Å². The minimum Gasteiger partial charge on any atom is -0.336 e. The number of likely N-dealkylation sites (N-methyl/N-ethyl adjacent to an activating group) is 1. The summed E-state index contributed by atoms with van der Waals surface area (Å²) in [5.74, 6) is -1.48. The van der Waals surface area contributed by atoms with E-state index in [0.29, 0.717) is 21.8 Å². The number of amides is 4. The Morgan fingerprint density at radius 1 is 1.10 bits per heavy atom. The lowest BCUT2D eigenvalue weighted by atomic mass is 9.98. The highest BCUT2D eigenvalue weighted by molar-refractivity contribution is 6.33. The Labute approximate surface area is 173 Å². The van der Waals surface area contributed by atoms with Gasteiger partial charge in [0.05, 0.1) is 23.7 Å². The van der Waals surface area contributed by atoms with Gasteiger partial charge in [-0.25, -0.2) is 0 Å². The van der Waals surface area contributed by atoms with Crippen molar-refractivity contribution in [2.24, 2.45) is 0 Å². The molecule has 1 N–H and O–H groups in total. The average Bonchev–Trinajstić information content (AvgIpc) is 2.69. The molecule has 1 aliphatic rings. The molecule has 0 saturated carbocycles. The van der Waals surface area contributed by atoms with Crippen LogP contribution in [0.1, 0.15) is 22.3 Å². The van der Waals surface area contributed by atoms with Crippen molar-refractivity contribution in [1.82, 2.24) is 9.80 Å². The van der Waals surface area contributed by atoms with Crippen molar-refractivity contribution in [3.8, 4) is 0 Å². The normalized spacial score (nSPS) is 13.1. The number of nitrogens with zero attached hydrogens (tertiary/aromatic N) is 2. The van der Waals surface area contributed by atoms with Crippen LogP contribution in [0.25, 0.3) is 0 Å². The number of hydrogen-bond donors (Lipinski definition) is 1. The topological polar surface area (TPSA) is 86.8 Å². The Morgan fingerprint density at radius 2 is 1.79 bits per heavy atom. The van der Waals surface area contributed by atoms with Crippen LogP contribution >= 0.6 is 11.6 Å². The first-order chi connectivity index (χ1) is 13.9. The molecule has 150 valence electrons. The highest BCUT2D eigenvalue weighted by Gasteiger charge is 2.31. The molecule has 0 aromatic heterocycles. The lowest BCUT2D eigenvalue weighted by Gasteiger charge is -2.27. The summed E-state index contributed by atoms with van der Waals surface area (Å²) in [6, 6.07) is 13.7. The first-order valence-corrected chi connectivity index (χ1v) is 9.45. The molecule has 0 unspecified atom stereocenters. The number of nitrogens with one attached hydrogen (secondary N) is 1. The maximum Gasteiger partial charge on any atom is 0.260 e. The van der Waals surface area contributed by atoms with Gasteiger partial charge in [-0.2, -0.15) is 0 Å². The molecule has 0 radical (unpaired) electrons. The lowest BCUT2D eigenvalue weighted by molar-refractivity contribution is -0.134. The lowest BCUT2D eigenvalue weighted by Crippen LogP contribution is -2.44. The van der Waals surface area contributed by atoms with E-state index in [9.17, 15) is 19.2 Å². The second-order valence-electron chi connectivity index (χ2n) is 6.71. The van der Waals surface area contributed by atoms with Crippen molar-refractivity contribution < 1.29 is 19.2 Å². The Bertz CT molecular complexity index is 976. The van der Waals surface area contributed by atoms with Gasteiger partial charge >= 0.3 is 0 Å². The second kappa shape index (κ2) is 8.87. The van der Waals surface area contributed by atoms with Crippen molar-refractivity contribution in [3.05, 3.63) is 64.7 Å². The van der Waals surface area contributed by atoms with Crippen molar-refractivity contribution in [1.29, 1.82) is 0 Å². The summed E-state index contributed by atoms with van der Waals surface area (Å²) < 4.78 is 0. The molecule has 0 aliphatic carbocycles. The minimum atomic E-state index is -0.399. The summed E-state index contributed by atoms with van der Waals surface area (Å²) in [6.45, 7) is -0.198. The van der Waals surface area contributed by atoms with Crippen LogP contribution < -0.4 is 5.32 Å². The van der Waals surface area contributed by atoms with Crippen molar-refractivity contribution >= 4 is 40.9 Å². The van der Waals surface area contributed by atoms with Crippen LogP contribution in [0, 0.1) is 0 Å². The number of carbonyl (C=O) groups excluding carboxylic acids is 4. The summed E-state index contributed by atoms with van der Waals surface area (Å²) in [4.78, 5) is 51.7. The van der Waals surface area contributed by atoms with Crippen LogP contribution in [0.2, 0.25) is 5.02 Å². The Balaban J connectivity index is 1.54. The summed E-state index contributed by atoms with van der Waals surface area (Å²) in [5, 5.41) is 3.04. The highest BCUT2D eigenvalue weighted by Crippen LogP contribution is 2.21. The van der Waals surface area contributed by atoms with Gasteiger partial charge in [0.2, 0.25) is 17.7 Å². The van der Waals surface area contributed by atoms with Crippen LogP contribution in [0.4, 0.5) is 5.69 Å². The Morgan fingerprint density at radius 3 is 2.55 bits per heavy atom. The van der Waals surface area contributed by atoms with Crippen molar-refractivity contribution in [3.63, 3.8) is 0 Å². The largest absolute Gasteiger partial charge is 0.336 e. The molecule has 0 spiro atoms. The number of halogens is 1. The van der Waals surface area contributed by atoms with Crippen LogP contribution in [0.3, 0.4) is 0 Å². The van der Waals surface area contributed by atoms with Gasteiger partial charge in [-0.3, -0.25) is 24.1 Å². The fourth-order valence-corrected chi connectivity index (χ4v) is 3.26. The summed E-state index contributed by atoms with van der Waals surface area (Å²) >= 11 is 6.00. The molecule has 4 amide bonds. The molecule has 1 aliphatic heterocycles. The molecule has 8 heteroatoms. The molecule has 2 aromatic rings. The van der Waals surface area contributed by atoms with Crippen LogP contribution in [-0.2, 0) is 20.8 Å². The number of carbonyl (C=O) groups is 4. The van der Waals surface area contributed by atoms with Crippen molar-refractivity contribution in [2.45, 2.75) is 12.8 Å². The Hall–Kier alpha value is -3.19. The maximum absolute atomic E-state index is 12.5. The fourth-order valence-electron chi connectivity index (χ4n) is 3.08. The molecule has 0 atom stereocenters. The number of para-hydroxylation sites is 1. The predicted octanol–water partition coefficient (Wildman–Crippen LogP) is 2.35. The number of imide groups is 1. The number of rotatable bonds is 6. The summed E-state index contributed by atoms with van der Waals surface area (Å²) in [7, 11) is 1.49. The molecular formula is C21H20ClN3O4. The number of fused-ring (bicyclic) bond motifs is 1. The predicted molar refractivity (Wildman–Crippen MR) is 109 cm³/mol. The maximum atomic E-state index is 12.5. The van der Waals surface area contributed by atoms with E-state index in [1.807, 2.05) is 0 Å². The van der Waals surface area contributed by atoms with Crippen LogP contribution in [0.5, 0.6) is 0 Å². The molecule has 1 heterocycles. The van der Waals surface area contributed by atoms with E-state index in [1.165, 1.54) is 11.9 Å². The molecule has 29 heavy (non-hydrogen) atoms. The monoisotopic (exact) mass is 413 g/mol. The van der Waals surface area contributed by atoms with Gasteiger partial charge < -0.3 is 10.2 Å². The van der Waals surface area contributed by atoms with Gasteiger partial charge in [0, 0.05) is 25.6 Å². The molecule has 0 saturated heterocycles. The first kappa shape index (κ1) is 20.5. The van der Waals surface area contributed by atoms with Gasteiger partial charge in [0.25, 0.3) is 5.91 Å². The molecule has 0 fully saturated rings. The van der Waals surface area contributed by atoms with Gasteiger partial charge in [0.1, 0.15) is 0 Å². The third kappa shape index (κ3) is 4.81. The van der Waals surface area contributed by atoms with Crippen LogP contribution in [0.15, 0.2) is 48.5 Å². The summed E-state index contributed by atoms with van der Waals surface area (Å²) in [5.41, 5.74) is 1.63. The van der Waals surface area contributed by atoms with E-state index in [0.717, 1.165) is 4.90 Å². The van der Waals surface area contributed by atoms with Crippen LogP contribution in [-0.4, -0.2) is 53.6 Å². The standard InChI is InChI=1S/C21H20ClN3O4/c1-24(13-18(26)23-17-9-5-4-8-16(17)22)19(27)10-11-25-20(28)12-14-6-2-3-7-15(14)21(25)29/h2-9H,10-13H2,1H3,(H,23,26). The van der Waals surface area contributed by atoms with E-state index < -0.39 is 11.8 Å². The molecule has 7 nitrogen and oxygen atoms in total. The third-order valence-corrected chi connectivity index (χ3v) is 4.97. The zero-order valence-electron chi connectivity index (χ0n) is 15.9. The molecular weight excluding hydrogens is 394 g/mol.